The Morgan fingerprint density at radius 2 is 1.82 bits per heavy atom. The first-order valence-electron chi connectivity index (χ1n) is 8.18. The Bertz CT molecular complexity index is 924. The number of carbonyl (C=O) groups is 1. The lowest BCUT2D eigenvalue weighted by molar-refractivity contribution is -0.137. The molecule has 146 valence electrons. The summed E-state index contributed by atoms with van der Waals surface area (Å²) in [6.07, 6.45) is -1.60. The molecule has 0 atom stereocenters. The van der Waals surface area contributed by atoms with Gasteiger partial charge in [-0.1, -0.05) is 30.0 Å². The van der Waals surface area contributed by atoms with Crippen molar-refractivity contribution < 1.29 is 27.4 Å². The number of benzene rings is 2. The molecule has 0 aromatic heterocycles. The monoisotopic (exact) mass is 389 g/mol. The first kappa shape index (κ1) is 20.9. The van der Waals surface area contributed by atoms with Crippen molar-refractivity contribution in [3.05, 3.63) is 65.2 Å². The van der Waals surface area contributed by atoms with E-state index < -0.39 is 17.6 Å². The maximum atomic E-state index is 12.9. The van der Waals surface area contributed by atoms with Gasteiger partial charge < -0.3 is 14.8 Å². The number of rotatable bonds is 5. The average Bonchev–Trinajstić information content (AvgIpc) is 2.69. The predicted molar refractivity (Wildman–Crippen MR) is 99.9 cm³/mol. The van der Waals surface area contributed by atoms with Gasteiger partial charge in [-0.3, -0.25) is 4.79 Å². The third-order valence-electron chi connectivity index (χ3n) is 3.64. The van der Waals surface area contributed by atoms with Gasteiger partial charge in [-0.05, 0) is 35.9 Å². The summed E-state index contributed by atoms with van der Waals surface area (Å²) in [6, 6.07) is 10.2. The molecule has 4 nitrogen and oxygen atoms in total. The summed E-state index contributed by atoms with van der Waals surface area (Å²) in [5, 5.41) is 2.50. The lowest BCUT2D eigenvalue weighted by Crippen LogP contribution is -2.21. The van der Waals surface area contributed by atoms with Crippen LogP contribution in [0, 0.1) is 11.8 Å². The molecule has 0 aliphatic heterocycles. The fourth-order valence-corrected chi connectivity index (χ4v) is 2.30. The number of amides is 1. The summed E-state index contributed by atoms with van der Waals surface area (Å²) in [4.78, 5) is 11.8. The molecule has 0 heterocycles. The minimum absolute atomic E-state index is 0.0820. The van der Waals surface area contributed by atoms with Crippen molar-refractivity contribution in [2.24, 2.45) is 0 Å². The number of ether oxygens (including phenoxy) is 2. The zero-order valence-electron chi connectivity index (χ0n) is 15.3. The van der Waals surface area contributed by atoms with Crippen molar-refractivity contribution in [2.45, 2.75) is 6.18 Å². The largest absolute Gasteiger partial charge is 0.493 e. The van der Waals surface area contributed by atoms with E-state index in [0.29, 0.717) is 11.5 Å². The number of nitrogens with one attached hydrogen (secondary N) is 1. The molecule has 2 rings (SSSR count). The maximum Gasteiger partial charge on any atom is 0.417 e. The maximum absolute atomic E-state index is 12.9. The quantitative estimate of drug-likeness (QED) is 0.623. The second-order valence-corrected chi connectivity index (χ2v) is 5.51. The van der Waals surface area contributed by atoms with E-state index in [4.69, 9.17) is 9.47 Å². The lowest BCUT2D eigenvalue weighted by atomic mass is 10.1. The molecule has 0 bridgehead atoms. The number of hydrogen-bond donors (Lipinski definition) is 1. The van der Waals surface area contributed by atoms with Gasteiger partial charge >= 0.3 is 6.18 Å². The van der Waals surface area contributed by atoms with Crippen LogP contribution >= 0.6 is 0 Å². The van der Waals surface area contributed by atoms with Crippen molar-refractivity contribution in [2.75, 3.05) is 20.8 Å². The summed E-state index contributed by atoms with van der Waals surface area (Å²) in [6.45, 7) is -0.0820. The van der Waals surface area contributed by atoms with E-state index in [1.807, 2.05) is 0 Å². The zero-order valence-corrected chi connectivity index (χ0v) is 15.3. The fraction of sp³-hybridized carbons (Fsp3) is 0.190. The summed E-state index contributed by atoms with van der Waals surface area (Å²) in [5.41, 5.74) is -0.217. The normalized spacial score (nSPS) is 10.9. The second kappa shape index (κ2) is 9.51. The van der Waals surface area contributed by atoms with Crippen molar-refractivity contribution in [1.82, 2.24) is 5.32 Å². The molecule has 1 N–H and O–H groups in total. The topological polar surface area (TPSA) is 47.6 Å². The van der Waals surface area contributed by atoms with E-state index in [9.17, 15) is 18.0 Å². The standard InChI is InChI=1S/C21H18F3NO3/c1-27-18-11-9-15(14-19(18)28-2)10-12-20(26)25-13-5-7-16-6-3-4-8-17(16)21(22,23)24/h3-4,6,8-12,14H,13H2,1-2H3,(H,25,26)/b12-10+. The van der Waals surface area contributed by atoms with Crippen LogP contribution in [0.25, 0.3) is 6.08 Å². The molecule has 0 radical (unpaired) electrons. The van der Waals surface area contributed by atoms with Crippen LogP contribution in [0.15, 0.2) is 48.5 Å². The van der Waals surface area contributed by atoms with E-state index in [2.05, 4.69) is 17.2 Å². The summed E-state index contributed by atoms with van der Waals surface area (Å²) >= 11 is 0. The van der Waals surface area contributed by atoms with E-state index in [1.54, 1.807) is 24.3 Å². The molecular formula is C21H18F3NO3. The molecule has 2 aromatic carbocycles. The SMILES string of the molecule is COc1ccc(/C=C/C(=O)NCC#Cc2ccccc2C(F)(F)F)cc1OC. The van der Waals surface area contributed by atoms with E-state index >= 15 is 0 Å². The average molecular weight is 389 g/mol. The molecule has 2 aromatic rings. The van der Waals surface area contributed by atoms with Crippen LogP contribution in [-0.2, 0) is 11.0 Å². The third-order valence-corrected chi connectivity index (χ3v) is 3.64. The van der Waals surface area contributed by atoms with Gasteiger partial charge in [0.2, 0.25) is 5.91 Å². The van der Waals surface area contributed by atoms with E-state index in [0.717, 1.165) is 11.6 Å². The van der Waals surface area contributed by atoms with Gasteiger partial charge in [0.05, 0.1) is 26.3 Å². The smallest absolute Gasteiger partial charge is 0.417 e. The Balaban J connectivity index is 1.96. The van der Waals surface area contributed by atoms with Gasteiger partial charge in [-0.2, -0.15) is 13.2 Å². The molecule has 28 heavy (non-hydrogen) atoms. The molecule has 0 aliphatic carbocycles. The predicted octanol–water partition coefficient (Wildman–Crippen LogP) is 3.90. The Labute approximate surface area is 161 Å². The number of carbonyl (C=O) groups excluding carboxylic acids is 1. The number of alkyl halides is 3. The highest BCUT2D eigenvalue weighted by atomic mass is 19.4. The number of methoxy groups -OCH3 is 2. The van der Waals surface area contributed by atoms with Crippen LogP contribution < -0.4 is 14.8 Å². The molecule has 1 amide bonds. The van der Waals surface area contributed by atoms with Crippen LogP contribution in [0.1, 0.15) is 16.7 Å². The molecule has 0 aliphatic rings. The van der Waals surface area contributed by atoms with Gasteiger partial charge in [0.1, 0.15) is 0 Å². The van der Waals surface area contributed by atoms with Crippen LogP contribution in [0.4, 0.5) is 13.2 Å². The highest BCUT2D eigenvalue weighted by Gasteiger charge is 2.32. The summed E-state index contributed by atoms with van der Waals surface area (Å²) in [7, 11) is 3.03. The van der Waals surface area contributed by atoms with Crippen LogP contribution in [-0.4, -0.2) is 26.7 Å². The Hall–Kier alpha value is -3.40. The highest BCUT2D eigenvalue weighted by Crippen LogP contribution is 2.31. The summed E-state index contributed by atoms with van der Waals surface area (Å²) in [5.74, 6) is 5.63. The highest BCUT2D eigenvalue weighted by molar-refractivity contribution is 5.91. The lowest BCUT2D eigenvalue weighted by Gasteiger charge is -2.08. The van der Waals surface area contributed by atoms with Gasteiger partial charge in [-0.25, -0.2) is 0 Å². The molecule has 7 heteroatoms. The zero-order chi connectivity index (χ0) is 20.6. The van der Waals surface area contributed by atoms with Gasteiger partial charge in [-0.15, -0.1) is 0 Å². The van der Waals surface area contributed by atoms with Crippen molar-refractivity contribution in [1.29, 1.82) is 0 Å². The van der Waals surface area contributed by atoms with Crippen LogP contribution in [0.3, 0.4) is 0 Å². The molecule has 0 spiro atoms. The fourth-order valence-electron chi connectivity index (χ4n) is 2.30. The number of hydrogen-bond acceptors (Lipinski definition) is 3. The Kier molecular flexibility index (Phi) is 7.10. The second-order valence-electron chi connectivity index (χ2n) is 5.51. The van der Waals surface area contributed by atoms with Crippen molar-refractivity contribution in [3.8, 4) is 23.3 Å². The van der Waals surface area contributed by atoms with Crippen molar-refractivity contribution >= 4 is 12.0 Å². The molecule has 0 unspecified atom stereocenters. The molecular weight excluding hydrogens is 371 g/mol. The Morgan fingerprint density at radius 1 is 1.11 bits per heavy atom. The Morgan fingerprint density at radius 3 is 2.50 bits per heavy atom. The van der Waals surface area contributed by atoms with Gasteiger partial charge in [0.15, 0.2) is 11.5 Å². The van der Waals surface area contributed by atoms with E-state index in [-0.39, 0.29) is 12.1 Å². The molecule has 0 saturated carbocycles. The van der Waals surface area contributed by atoms with Gasteiger partial charge in [0, 0.05) is 11.6 Å². The third kappa shape index (κ3) is 5.81. The van der Waals surface area contributed by atoms with Crippen LogP contribution in [0.5, 0.6) is 11.5 Å². The minimum Gasteiger partial charge on any atom is -0.493 e. The first-order chi connectivity index (χ1) is 13.3. The number of halogens is 3. The minimum atomic E-state index is -4.48. The molecule has 0 saturated heterocycles. The first-order valence-corrected chi connectivity index (χ1v) is 8.18. The van der Waals surface area contributed by atoms with E-state index in [1.165, 1.54) is 38.5 Å². The van der Waals surface area contributed by atoms with Gasteiger partial charge in [0.25, 0.3) is 0 Å². The molecule has 0 fully saturated rings. The van der Waals surface area contributed by atoms with Crippen LogP contribution in [0.2, 0.25) is 0 Å². The van der Waals surface area contributed by atoms with Crippen molar-refractivity contribution in [3.63, 3.8) is 0 Å². The summed E-state index contributed by atoms with van der Waals surface area (Å²) < 4.78 is 49.0.